The summed E-state index contributed by atoms with van der Waals surface area (Å²) in [5, 5.41) is 3.27. The van der Waals surface area contributed by atoms with Crippen LogP contribution in [0.3, 0.4) is 0 Å². The highest BCUT2D eigenvalue weighted by Crippen LogP contribution is 2.28. The molecule has 1 aromatic heterocycles. The van der Waals surface area contributed by atoms with Crippen LogP contribution in [-0.4, -0.2) is 26.6 Å². The van der Waals surface area contributed by atoms with E-state index in [1.165, 1.54) is 22.5 Å². The van der Waals surface area contributed by atoms with Gasteiger partial charge in [-0.15, -0.1) is 0 Å². The first-order chi connectivity index (χ1) is 12.8. The Hall–Kier alpha value is -2.87. The largest absolute Gasteiger partial charge is 0.451 e. The van der Waals surface area contributed by atoms with E-state index < -0.39 is 21.7 Å². The van der Waals surface area contributed by atoms with E-state index in [1.54, 1.807) is 31.2 Å². The maximum atomic E-state index is 13.4. The lowest BCUT2D eigenvalue weighted by Crippen LogP contribution is -2.25. The van der Waals surface area contributed by atoms with Crippen LogP contribution in [0, 0.1) is 12.7 Å². The third kappa shape index (κ3) is 3.16. The van der Waals surface area contributed by atoms with E-state index in [2.05, 4.69) is 5.32 Å². The minimum absolute atomic E-state index is 0.113. The number of rotatable bonds is 3. The number of carbonyl (C=O) groups is 1. The van der Waals surface area contributed by atoms with Crippen molar-refractivity contribution in [2.24, 2.45) is 0 Å². The van der Waals surface area contributed by atoms with Crippen molar-refractivity contribution in [2.75, 3.05) is 21.9 Å². The number of aryl methyl sites for hydroxylation is 1. The normalized spacial score (nSPS) is 16.0. The van der Waals surface area contributed by atoms with Gasteiger partial charge in [-0.25, -0.2) is 12.8 Å². The third-order valence-corrected chi connectivity index (χ3v) is 6.49. The van der Waals surface area contributed by atoms with Gasteiger partial charge in [-0.05, 0) is 55.8 Å². The van der Waals surface area contributed by atoms with Gasteiger partial charge in [0.25, 0.3) is 5.91 Å². The summed E-state index contributed by atoms with van der Waals surface area (Å²) >= 11 is 0. The van der Waals surface area contributed by atoms with Crippen LogP contribution in [0.4, 0.5) is 15.8 Å². The molecule has 2 aromatic carbocycles. The zero-order valence-electron chi connectivity index (χ0n) is 14.5. The summed E-state index contributed by atoms with van der Waals surface area (Å²) in [4.78, 5) is 12.5. The van der Waals surface area contributed by atoms with Gasteiger partial charge in [0, 0.05) is 23.2 Å². The quantitative estimate of drug-likeness (QED) is 0.742. The average molecular weight is 388 g/mol. The van der Waals surface area contributed by atoms with Crippen molar-refractivity contribution in [3.05, 3.63) is 59.6 Å². The van der Waals surface area contributed by atoms with Crippen LogP contribution in [0.1, 0.15) is 22.5 Å². The number of fused-ring (bicyclic) bond motifs is 1. The number of amides is 1. The molecule has 1 amide bonds. The summed E-state index contributed by atoms with van der Waals surface area (Å²) in [5.41, 5.74) is 2.07. The first-order valence-corrected chi connectivity index (χ1v) is 10.1. The summed E-state index contributed by atoms with van der Waals surface area (Å²) in [6, 6.07) is 10.7. The highest BCUT2D eigenvalue weighted by atomic mass is 32.2. The predicted octanol–water partition coefficient (Wildman–Crippen LogP) is 3.67. The molecule has 1 aliphatic heterocycles. The number of furan rings is 1. The zero-order chi connectivity index (χ0) is 19.2. The number of nitrogens with one attached hydrogen (secondary N) is 1. The van der Waals surface area contributed by atoms with Crippen LogP contribution in [-0.2, 0) is 10.0 Å². The molecule has 140 valence electrons. The Morgan fingerprint density at radius 3 is 2.59 bits per heavy atom. The SMILES string of the molecule is Cc1c(C(=O)Nc2ccc(N3CCCS3(=O)=O)cc2)oc2ccc(F)cc12. The van der Waals surface area contributed by atoms with E-state index in [-0.39, 0.29) is 11.5 Å². The first kappa shape index (κ1) is 17.5. The Kier molecular flexibility index (Phi) is 4.15. The van der Waals surface area contributed by atoms with E-state index in [9.17, 15) is 17.6 Å². The molecule has 1 saturated heterocycles. The molecule has 0 bridgehead atoms. The molecule has 2 heterocycles. The molecular weight excluding hydrogens is 371 g/mol. The number of anilines is 2. The van der Waals surface area contributed by atoms with Crippen LogP contribution >= 0.6 is 0 Å². The molecule has 0 saturated carbocycles. The highest BCUT2D eigenvalue weighted by molar-refractivity contribution is 7.93. The van der Waals surface area contributed by atoms with Crippen LogP contribution in [0.15, 0.2) is 46.9 Å². The van der Waals surface area contributed by atoms with E-state index in [1.807, 2.05) is 0 Å². The Morgan fingerprint density at radius 2 is 1.93 bits per heavy atom. The highest BCUT2D eigenvalue weighted by Gasteiger charge is 2.28. The number of hydrogen-bond donors (Lipinski definition) is 1. The Bertz CT molecular complexity index is 1140. The summed E-state index contributed by atoms with van der Waals surface area (Å²) in [6.07, 6.45) is 0.604. The molecule has 0 spiro atoms. The van der Waals surface area contributed by atoms with Gasteiger partial charge in [-0.3, -0.25) is 9.10 Å². The van der Waals surface area contributed by atoms with Gasteiger partial charge in [-0.1, -0.05) is 0 Å². The van der Waals surface area contributed by atoms with E-state index in [4.69, 9.17) is 4.42 Å². The second-order valence-electron chi connectivity index (χ2n) is 6.44. The number of hydrogen-bond acceptors (Lipinski definition) is 4. The van der Waals surface area contributed by atoms with Gasteiger partial charge >= 0.3 is 0 Å². The van der Waals surface area contributed by atoms with Crippen molar-refractivity contribution in [1.29, 1.82) is 0 Å². The second-order valence-corrected chi connectivity index (χ2v) is 8.45. The number of carbonyl (C=O) groups excluding carboxylic acids is 1. The molecule has 1 fully saturated rings. The topological polar surface area (TPSA) is 79.6 Å². The van der Waals surface area contributed by atoms with Crippen molar-refractivity contribution in [1.82, 2.24) is 0 Å². The summed E-state index contributed by atoms with van der Waals surface area (Å²) in [6.45, 7) is 2.16. The minimum Gasteiger partial charge on any atom is -0.451 e. The maximum Gasteiger partial charge on any atom is 0.291 e. The molecule has 6 nitrogen and oxygen atoms in total. The first-order valence-electron chi connectivity index (χ1n) is 8.46. The molecule has 1 N–H and O–H groups in total. The Balaban J connectivity index is 1.56. The monoisotopic (exact) mass is 388 g/mol. The molecule has 4 rings (SSSR count). The third-order valence-electron chi connectivity index (χ3n) is 4.62. The molecule has 3 aromatic rings. The fraction of sp³-hybridized carbons (Fsp3) is 0.211. The maximum absolute atomic E-state index is 13.4. The fourth-order valence-corrected chi connectivity index (χ4v) is 4.80. The molecule has 0 aliphatic carbocycles. The van der Waals surface area contributed by atoms with Gasteiger partial charge < -0.3 is 9.73 Å². The standard InChI is InChI=1S/C19H17FN2O4S/c1-12-16-11-13(20)3-8-17(16)26-18(12)19(23)21-14-4-6-15(7-5-14)22-9-2-10-27(22,24)25/h3-8,11H,2,9-10H2,1H3,(H,21,23). The molecular formula is C19H17FN2O4S. The van der Waals surface area contributed by atoms with Crippen molar-refractivity contribution in [3.8, 4) is 0 Å². The van der Waals surface area contributed by atoms with Crippen molar-refractivity contribution in [2.45, 2.75) is 13.3 Å². The van der Waals surface area contributed by atoms with Crippen molar-refractivity contribution in [3.63, 3.8) is 0 Å². The Labute approximate surface area is 155 Å². The lowest BCUT2D eigenvalue weighted by molar-refractivity contribution is 0.0998. The lowest BCUT2D eigenvalue weighted by Gasteiger charge is -2.17. The molecule has 0 atom stereocenters. The number of benzene rings is 2. The number of sulfonamides is 1. The van der Waals surface area contributed by atoms with Crippen molar-refractivity contribution >= 4 is 38.3 Å². The van der Waals surface area contributed by atoms with Gasteiger partial charge in [0.05, 0.1) is 11.4 Å². The van der Waals surface area contributed by atoms with Gasteiger partial charge in [0.2, 0.25) is 10.0 Å². The fourth-order valence-electron chi connectivity index (χ4n) is 3.24. The van der Waals surface area contributed by atoms with Gasteiger partial charge in [-0.2, -0.15) is 0 Å². The van der Waals surface area contributed by atoms with Crippen LogP contribution in [0.5, 0.6) is 0 Å². The smallest absolute Gasteiger partial charge is 0.291 e. The van der Waals surface area contributed by atoms with Crippen LogP contribution in [0.2, 0.25) is 0 Å². The lowest BCUT2D eigenvalue weighted by atomic mass is 10.1. The van der Waals surface area contributed by atoms with Gasteiger partial charge in [0.15, 0.2) is 5.76 Å². The van der Waals surface area contributed by atoms with Crippen molar-refractivity contribution < 1.29 is 22.0 Å². The molecule has 0 unspecified atom stereocenters. The number of nitrogens with zero attached hydrogens (tertiary/aromatic N) is 1. The Morgan fingerprint density at radius 1 is 1.19 bits per heavy atom. The molecule has 0 radical (unpaired) electrons. The summed E-state index contributed by atoms with van der Waals surface area (Å²) in [7, 11) is -3.24. The van der Waals surface area contributed by atoms with E-state index in [0.717, 1.165) is 0 Å². The zero-order valence-corrected chi connectivity index (χ0v) is 15.3. The average Bonchev–Trinajstić information content (AvgIpc) is 3.15. The van der Waals surface area contributed by atoms with E-state index >= 15 is 0 Å². The van der Waals surface area contributed by atoms with Crippen LogP contribution in [0.25, 0.3) is 11.0 Å². The minimum atomic E-state index is -3.24. The summed E-state index contributed by atoms with van der Waals surface area (Å²) < 4.78 is 44.3. The van der Waals surface area contributed by atoms with Crippen LogP contribution < -0.4 is 9.62 Å². The molecule has 27 heavy (non-hydrogen) atoms. The predicted molar refractivity (Wildman–Crippen MR) is 101 cm³/mol. The summed E-state index contributed by atoms with van der Waals surface area (Å²) in [5.74, 6) is -0.588. The molecule has 1 aliphatic rings. The van der Waals surface area contributed by atoms with E-state index in [0.29, 0.717) is 40.9 Å². The second kappa shape index (κ2) is 6.38. The molecule has 8 heteroatoms. The number of halogens is 1. The van der Waals surface area contributed by atoms with Gasteiger partial charge in [0.1, 0.15) is 11.4 Å².